The van der Waals surface area contributed by atoms with Gasteiger partial charge in [-0.05, 0) is 52.9 Å². The maximum atomic E-state index is 6.94. The second kappa shape index (κ2) is 9.24. The molecule has 3 aromatic carbocycles. The minimum Gasteiger partial charge on any atom is -0.489 e. The number of halogens is 2. The van der Waals surface area contributed by atoms with Gasteiger partial charge in [0.2, 0.25) is 0 Å². The van der Waals surface area contributed by atoms with Crippen molar-refractivity contribution in [2.24, 2.45) is 0 Å². The first-order valence-electron chi connectivity index (χ1n) is 11.0. The van der Waals surface area contributed by atoms with Crippen molar-refractivity contribution < 1.29 is 4.74 Å². The van der Waals surface area contributed by atoms with Crippen molar-refractivity contribution in [3.05, 3.63) is 87.9 Å². The van der Waals surface area contributed by atoms with Crippen molar-refractivity contribution in [1.82, 2.24) is 0 Å². The number of fused-ring (bicyclic) bond motifs is 3. The van der Waals surface area contributed by atoms with Gasteiger partial charge >= 0.3 is 0 Å². The molecule has 1 atom stereocenters. The molecule has 3 aromatic rings. The third kappa shape index (κ3) is 3.86. The Kier molecular flexibility index (Phi) is 6.62. The van der Waals surface area contributed by atoms with E-state index < -0.39 is 8.80 Å². The van der Waals surface area contributed by atoms with Crippen LogP contribution in [0.15, 0.2) is 61.2 Å². The van der Waals surface area contributed by atoms with E-state index in [4.69, 9.17) is 27.9 Å². The summed E-state index contributed by atoms with van der Waals surface area (Å²) in [4.78, 5) is 0. The van der Waals surface area contributed by atoms with Gasteiger partial charge in [0.15, 0.2) is 0 Å². The summed E-state index contributed by atoms with van der Waals surface area (Å²) in [6, 6.07) is 19.3. The third-order valence-electron chi connectivity index (χ3n) is 6.49. The summed E-state index contributed by atoms with van der Waals surface area (Å²) >= 11 is 13.4. The first-order valence-corrected chi connectivity index (χ1v) is 14.0. The van der Waals surface area contributed by atoms with Crippen molar-refractivity contribution in [2.45, 2.75) is 38.4 Å². The van der Waals surface area contributed by atoms with E-state index in [0.717, 1.165) is 32.5 Å². The van der Waals surface area contributed by atoms with E-state index >= 15 is 0 Å². The molecule has 0 amide bonds. The SMILES string of the molecule is C=CCOc1c(C)cccc1-c1c(Cl)ccc2c1C([SiH](CC)CC)c1cc(Cl)ccc1-2. The number of para-hydroxylation sites is 1. The Morgan fingerprint density at radius 3 is 2.45 bits per heavy atom. The molecule has 4 heteroatoms. The fourth-order valence-electron chi connectivity index (χ4n) is 5.05. The van der Waals surface area contributed by atoms with Gasteiger partial charge in [-0.25, -0.2) is 0 Å². The zero-order chi connectivity index (χ0) is 22.1. The van der Waals surface area contributed by atoms with Crippen LogP contribution in [0, 0.1) is 6.92 Å². The first-order chi connectivity index (χ1) is 15.0. The van der Waals surface area contributed by atoms with Crippen LogP contribution in [0.25, 0.3) is 22.3 Å². The number of rotatable bonds is 7. The summed E-state index contributed by atoms with van der Waals surface area (Å²) in [6.07, 6.45) is 1.78. The van der Waals surface area contributed by atoms with Crippen LogP contribution in [0.3, 0.4) is 0 Å². The van der Waals surface area contributed by atoms with Gasteiger partial charge in [0.25, 0.3) is 0 Å². The minimum atomic E-state index is -1.14. The number of hydrogen-bond donors (Lipinski definition) is 0. The summed E-state index contributed by atoms with van der Waals surface area (Å²) in [7, 11) is -1.14. The van der Waals surface area contributed by atoms with Crippen molar-refractivity contribution in [3.63, 3.8) is 0 Å². The van der Waals surface area contributed by atoms with Gasteiger partial charge in [-0.2, -0.15) is 0 Å². The molecule has 0 aromatic heterocycles. The second-order valence-corrected chi connectivity index (χ2v) is 12.9. The molecule has 0 aliphatic heterocycles. The van der Waals surface area contributed by atoms with E-state index in [-0.39, 0.29) is 0 Å². The maximum absolute atomic E-state index is 6.94. The molecule has 0 saturated carbocycles. The molecule has 31 heavy (non-hydrogen) atoms. The first kappa shape index (κ1) is 22.2. The lowest BCUT2D eigenvalue weighted by molar-refractivity contribution is 0.362. The number of benzene rings is 3. The Bertz CT molecular complexity index is 1130. The van der Waals surface area contributed by atoms with Gasteiger partial charge < -0.3 is 4.74 Å². The zero-order valence-corrected chi connectivity index (χ0v) is 21.0. The van der Waals surface area contributed by atoms with Crippen LogP contribution in [0.1, 0.15) is 36.1 Å². The summed E-state index contributed by atoms with van der Waals surface area (Å²) in [5, 5.41) is 1.58. The Labute approximate surface area is 197 Å². The van der Waals surface area contributed by atoms with E-state index in [1.54, 1.807) is 6.08 Å². The second-order valence-electron chi connectivity index (χ2n) is 8.22. The van der Waals surface area contributed by atoms with Crippen LogP contribution in [0.4, 0.5) is 0 Å². The Morgan fingerprint density at radius 1 is 1.00 bits per heavy atom. The molecular formula is C27H28Cl2OSi. The molecule has 0 N–H and O–H groups in total. The van der Waals surface area contributed by atoms with Crippen LogP contribution in [-0.2, 0) is 0 Å². The standard InChI is InChI=1S/C27H28Cl2OSi/c1-5-15-30-26-17(4)9-8-10-21(26)24-23(29)14-13-20-19-12-11-18(28)16-22(19)27(25(20)24)31(6-2)7-3/h5,8-14,16,27,31H,1,6-7,15H2,2-4H3. The maximum Gasteiger partial charge on any atom is 0.130 e. The zero-order valence-electron chi connectivity index (χ0n) is 18.3. The highest BCUT2D eigenvalue weighted by Gasteiger charge is 2.37. The summed E-state index contributed by atoms with van der Waals surface area (Å²) in [6.45, 7) is 11.0. The van der Waals surface area contributed by atoms with Gasteiger partial charge in [0, 0.05) is 35.5 Å². The lowest BCUT2D eigenvalue weighted by Crippen LogP contribution is -2.22. The van der Waals surface area contributed by atoms with E-state index in [9.17, 15) is 0 Å². The minimum absolute atomic E-state index is 0.389. The largest absolute Gasteiger partial charge is 0.489 e. The van der Waals surface area contributed by atoms with E-state index in [0.29, 0.717) is 12.1 Å². The number of aryl methyl sites for hydroxylation is 1. The molecular weight excluding hydrogens is 439 g/mol. The highest BCUT2D eigenvalue weighted by molar-refractivity contribution is 6.62. The average molecular weight is 468 g/mol. The number of hydrogen-bond acceptors (Lipinski definition) is 1. The summed E-state index contributed by atoms with van der Waals surface area (Å²) in [5.41, 5.74) is 8.97. The van der Waals surface area contributed by atoms with Crippen molar-refractivity contribution >= 4 is 32.0 Å². The molecule has 1 unspecified atom stereocenters. The Balaban J connectivity index is 2.04. The van der Waals surface area contributed by atoms with E-state index in [2.05, 4.69) is 63.7 Å². The predicted octanol–water partition coefficient (Wildman–Crippen LogP) is 8.45. The number of ether oxygens (including phenoxy) is 1. The normalized spacial score (nSPS) is 14.5. The monoisotopic (exact) mass is 466 g/mol. The molecule has 0 saturated heterocycles. The van der Waals surface area contributed by atoms with Gasteiger partial charge in [-0.15, -0.1) is 0 Å². The van der Waals surface area contributed by atoms with Crippen LogP contribution in [-0.4, -0.2) is 15.4 Å². The highest BCUT2D eigenvalue weighted by Crippen LogP contribution is 2.54. The van der Waals surface area contributed by atoms with Crippen molar-refractivity contribution in [2.75, 3.05) is 6.61 Å². The highest BCUT2D eigenvalue weighted by atomic mass is 35.5. The molecule has 1 nitrogen and oxygen atoms in total. The molecule has 4 rings (SSSR count). The van der Waals surface area contributed by atoms with Crippen LogP contribution < -0.4 is 4.74 Å². The van der Waals surface area contributed by atoms with Gasteiger partial charge in [-0.1, -0.05) is 92.1 Å². The lowest BCUT2D eigenvalue weighted by Gasteiger charge is -2.26. The summed E-state index contributed by atoms with van der Waals surface area (Å²) in [5.74, 6) is 0.886. The van der Waals surface area contributed by atoms with Crippen LogP contribution in [0.2, 0.25) is 22.1 Å². The lowest BCUT2D eigenvalue weighted by atomic mass is 9.93. The fraction of sp³-hybridized carbons (Fsp3) is 0.259. The quantitative estimate of drug-likeness (QED) is 0.250. The predicted molar refractivity (Wildman–Crippen MR) is 138 cm³/mol. The third-order valence-corrected chi connectivity index (χ3v) is 10.8. The van der Waals surface area contributed by atoms with E-state index in [1.165, 1.54) is 34.3 Å². The molecule has 0 bridgehead atoms. The van der Waals surface area contributed by atoms with Crippen LogP contribution >= 0.6 is 23.2 Å². The smallest absolute Gasteiger partial charge is 0.130 e. The van der Waals surface area contributed by atoms with Gasteiger partial charge in [0.1, 0.15) is 12.4 Å². The van der Waals surface area contributed by atoms with Gasteiger partial charge in [0.05, 0.1) is 0 Å². The Hall–Kier alpha value is -2.00. The molecule has 0 heterocycles. The summed E-state index contributed by atoms with van der Waals surface area (Å²) < 4.78 is 6.14. The van der Waals surface area contributed by atoms with Crippen LogP contribution in [0.5, 0.6) is 5.75 Å². The van der Waals surface area contributed by atoms with Gasteiger partial charge in [-0.3, -0.25) is 0 Å². The molecule has 0 fully saturated rings. The molecule has 160 valence electrons. The van der Waals surface area contributed by atoms with E-state index in [1.807, 2.05) is 12.1 Å². The average Bonchev–Trinajstić information content (AvgIpc) is 3.07. The molecule has 1 aliphatic carbocycles. The molecule has 0 spiro atoms. The van der Waals surface area contributed by atoms with Crippen molar-refractivity contribution in [3.8, 4) is 28.0 Å². The fourth-order valence-corrected chi connectivity index (χ4v) is 8.62. The topological polar surface area (TPSA) is 9.23 Å². The molecule has 0 radical (unpaired) electrons. The Morgan fingerprint density at radius 2 is 1.74 bits per heavy atom. The molecule has 1 aliphatic rings. The van der Waals surface area contributed by atoms with Crippen molar-refractivity contribution in [1.29, 1.82) is 0 Å².